The Morgan fingerprint density at radius 2 is 2.17 bits per heavy atom. The highest BCUT2D eigenvalue weighted by Gasteiger charge is 2.28. The van der Waals surface area contributed by atoms with Crippen LogP contribution in [0.3, 0.4) is 0 Å². The summed E-state index contributed by atoms with van der Waals surface area (Å²) in [4.78, 5) is 13.8. The molecule has 1 amide bonds. The molecule has 0 radical (unpaired) electrons. The summed E-state index contributed by atoms with van der Waals surface area (Å²) in [6.07, 6.45) is 1.56. The number of likely N-dealkylation sites (tertiary alicyclic amines) is 1. The van der Waals surface area contributed by atoms with E-state index in [-0.39, 0.29) is 23.6 Å². The number of rotatable bonds is 3. The van der Waals surface area contributed by atoms with Gasteiger partial charge in [-0.25, -0.2) is 9.18 Å². The zero-order chi connectivity index (χ0) is 17.0. The summed E-state index contributed by atoms with van der Waals surface area (Å²) in [5.41, 5.74) is -0.499. The molecule has 0 unspecified atom stereocenters. The van der Waals surface area contributed by atoms with E-state index in [0.29, 0.717) is 24.2 Å². The van der Waals surface area contributed by atoms with Gasteiger partial charge in [0.1, 0.15) is 5.60 Å². The Labute approximate surface area is 145 Å². The third-order valence-corrected chi connectivity index (χ3v) is 4.03. The lowest BCUT2D eigenvalue weighted by Crippen LogP contribution is -2.44. The molecule has 0 bridgehead atoms. The number of piperidine rings is 1. The van der Waals surface area contributed by atoms with Crippen molar-refractivity contribution in [2.45, 2.75) is 39.2 Å². The molecule has 6 heteroatoms. The maximum absolute atomic E-state index is 13.8. The number of benzene rings is 1. The second kappa shape index (κ2) is 7.51. The molecular formula is C17H23BrFNO3. The predicted octanol–water partition coefficient (Wildman–Crippen LogP) is 4.61. The number of nitrogens with zero attached hydrogens (tertiary/aromatic N) is 1. The van der Waals surface area contributed by atoms with Crippen molar-refractivity contribution in [3.05, 3.63) is 28.5 Å². The van der Waals surface area contributed by atoms with Crippen molar-refractivity contribution >= 4 is 22.0 Å². The van der Waals surface area contributed by atoms with Gasteiger partial charge in [0.05, 0.1) is 6.61 Å². The van der Waals surface area contributed by atoms with Gasteiger partial charge < -0.3 is 14.4 Å². The fraction of sp³-hybridized carbons (Fsp3) is 0.588. The Kier molecular flexibility index (Phi) is 5.89. The smallest absolute Gasteiger partial charge is 0.410 e. The quantitative estimate of drug-likeness (QED) is 0.759. The highest BCUT2D eigenvalue weighted by molar-refractivity contribution is 9.10. The predicted molar refractivity (Wildman–Crippen MR) is 90.1 cm³/mol. The zero-order valence-corrected chi connectivity index (χ0v) is 15.4. The van der Waals surface area contributed by atoms with Crippen molar-refractivity contribution in [2.75, 3.05) is 19.7 Å². The third kappa shape index (κ3) is 5.68. The van der Waals surface area contributed by atoms with Gasteiger partial charge in [-0.3, -0.25) is 0 Å². The van der Waals surface area contributed by atoms with Crippen LogP contribution in [0, 0.1) is 11.7 Å². The van der Waals surface area contributed by atoms with Crippen molar-refractivity contribution in [1.29, 1.82) is 0 Å². The third-order valence-electron chi connectivity index (χ3n) is 3.54. The lowest BCUT2D eigenvalue weighted by molar-refractivity contribution is 0.0138. The molecule has 4 nitrogen and oxygen atoms in total. The van der Waals surface area contributed by atoms with Crippen molar-refractivity contribution in [1.82, 2.24) is 4.90 Å². The van der Waals surface area contributed by atoms with Crippen molar-refractivity contribution in [2.24, 2.45) is 5.92 Å². The van der Waals surface area contributed by atoms with Crippen molar-refractivity contribution in [3.63, 3.8) is 0 Å². The molecule has 23 heavy (non-hydrogen) atoms. The minimum atomic E-state index is -0.499. The number of carbonyl (C=O) groups excluding carboxylic acids is 1. The first kappa shape index (κ1) is 18.0. The second-order valence-corrected chi connectivity index (χ2v) is 7.74. The van der Waals surface area contributed by atoms with E-state index in [2.05, 4.69) is 15.9 Å². The van der Waals surface area contributed by atoms with Gasteiger partial charge in [0.15, 0.2) is 11.6 Å². The molecule has 1 heterocycles. The van der Waals surface area contributed by atoms with Crippen LogP contribution < -0.4 is 4.74 Å². The minimum absolute atomic E-state index is 0.180. The van der Waals surface area contributed by atoms with Crippen LogP contribution in [0.4, 0.5) is 9.18 Å². The summed E-state index contributed by atoms with van der Waals surface area (Å²) in [6.45, 7) is 7.21. The Morgan fingerprint density at radius 1 is 1.43 bits per heavy atom. The fourth-order valence-corrected chi connectivity index (χ4v) is 2.83. The van der Waals surface area contributed by atoms with Crippen LogP contribution in [0.15, 0.2) is 22.7 Å². The Hall–Kier alpha value is -1.30. The van der Waals surface area contributed by atoms with Crippen molar-refractivity contribution in [3.8, 4) is 5.75 Å². The summed E-state index contributed by atoms with van der Waals surface area (Å²) < 4.78 is 25.4. The highest BCUT2D eigenvalue weighted by atomic mass is 79.9. The van der Waals surface area contributed by atoms with Gasteiger partial charge in [0, 0.05) is 23.5 Å². The van der Waals surface area contributed by atoms with Crippen LogP contribution in [0.2, 0.25) is 0 Å². The number of ether oxygens (including phenoxy) is 2. The van der Waals surface area contributed by atoms with Gasteiger partial charge in [0.2, 0.25) is 0 Å². The van der Waals surface area contributed by atoms with E-state index >= 15 is 0 Å². The summed E-state index contributed by atoms with van der Waals surface area (Å²) in [5.74, 6) is 0.0288. The van der Waals surface area contributed by atoms with Gasteiger partial charge in [-0.2, -0.15) is 0 Å². The van der Waals surface area contributed by atoms with Gasteiger partial charge in [-0.1, -0.05) is 15.9 Å². The normalized spacial score (nSPS) is 18.7. The average molecular weight is 388 g/mol. The van der Waals surface area contributed by atoms with Crippen LogP contribution in [0.5, 0.6) is 5.75 Å². The topological polar surface area (TPSA) is 38.8 Å². The lowest BCUT2D eigenvalue weighted by atomic mass is 9.99. The molecule has 1 aliphatic rings. The first-order valence-electron chi connectivity index (χ1n) is 7.80. The Morgan fingerprint density at radius 3 is 2.83 bits per heavy atom. The average Bonchev–Trinajstić information content (AvgIpc) is 2.45. The van der Waals surface area contributed by atoms with E-state index in [0.717, 1.165) is 12.8 Å². The molecule has 2 rings (SSSR count). The molecule has 1 atom stereocenters. The maximum Gasteiger partial charge on any atom is 0.410 e. The maximum atomic E-state index is 13.8. The first-order valence-corrected chi connectivity index (χ1v) is 8.59. The fourth-order valence-electron chi connectivity index (χ4n) is 2.49. The second-order valence-electron chi connectivity index (χ2n) is 6.82. The van der Waals surface area contributed by atoms with E-state index in [1.807, 2.05) is 20.8 Å². The highest BCUT2D eigenvalue weighted by Crippen LogP contribution is 2.24. The van der Waals surface area contributed by atoms with Crippen LogP contribution >= 0.6 is 15.9 Å². The Bertz CT molecular complexity index is 559. The number of halogens is 2. The molecule has 1 aromatic carbocycles. The van der Waals surface area contributed by atoms with Gasteiger partial charge in [0.25, 0.3) is 0 Å². The molecular weight excluding hydrogens is 365 g/mol. The molecule has 1 aliphatic heterocycles. The van der Waals surface area contributed by atoms with E-state index in [1.165, 1.54) is 6.07 Å². The molecule has 1 fully saturated rings. The number of amides is 1. The van der Waals surface area contributed by atoms with Gasteiger partial charge in [-0.05, 0) is 51.8 Å². The molecule has 0 aliphatic carbocycles. The molecule has 1 saturated heterocycles. The van der Waals surface area contributed by atoms with Crippen molar-refractivity contribution < 1.29 is 18.7 Å². The summed E-state index contributed by atoms with van der Waals surface area (Å²) >= 11 is 3.22. The summed E-state index contributed by atoms with van der Waals surface area (Å²) in [7, 11) is 0. The Balaban J connectivity index is 1.87. The van der Waals surface area contributed by atoms with Gasteiger partial charge in [-0.15, -0.1) is 0 Å². The molecule has 0 aromatic heterocycles. The minimum Gasteiger partial charge on any atom is -0.490 e. The summed E-state index contributed by atoms with van der Waals surface area (Å²) in [6, 6.07) is 4.73. The number of hydrogen-bond acceptors (Lipinski definition) is 3. The monoisotopic (exact) mass is 387 g/mol. The number of carbonyl (C=O) groups is 1. The van der Waals surface area contributed by atoms with Gasteiger partial charge >= 0.3 is 6.09 Å². The standard InChI is InChI=1S/C17H23BrFNO3/c1-17(2,3)23-16(21)20-8-4-5-12(10-20)11-22-15-7-6-13(18)9-14(15)19/h6-7,9,12H,4-5,8,10-11H2,1-3H3/t12-/m1/s1. The van der Waals surface area contributed by atoms with E-state index in [1.54, 1.807) is 17.0 Å². The van der Waals surface area contributed by atoms with E-state index in [9.17, 15) is 9.18 Å². The van der Waals surface area contributed by atoms with Crippen LogP contribution in [-0.4, -0.2) is 36.3 Å². The van der Waals surface area contributed by atoms with E-state index in [4.69, 9.17) is 9.47 Å². The molecule has 1 aromatic rings. The molecule has 0 N–H and O–H groups in total. The van der Waals surface area contributed by atoms with Crippen LogP contribution in [-0.2, 0) is 4.74 Å². The van der Waals surface area contributed by atoms with Crippen LogP contribution in [0.1, 0.15) is 33.6 Å². The molecule has 0 saturated carbocycles. The zero-order valence-electron chi connectivity index (χ0n) is 13.8. The lowest BCUT2D eigenvalue weighted by Gasteiger charge is -2.34. The van der Waals surface area contributed by atoms with Crippen LogP contribution in [0.25, 0.3) is 0 Å². The molecule has 128 valence electrons. The molecule has 0 spiro atoms. The first-order chi connectivity index (χ1) is 10.7. The summed E-state index contributed by atoms with van der Waals surface area (Å²) in [5, 5.41) is 0. The largest absolute Gasteiger partial charge is 0.490 e. The van der Waals surface area contributed by atoms with E-state index < -0.39 is 5.60 Å². The number of hydrogen-bond donors (Lipinski definition) is 0. The SMILES string of the molecule is CC(C)(C)OC(=O)N1CCC[C@@H](COc2ccc(Br)cc2F)C1.